The predicted octanol–water partition coefficient (Wildman–Crippen LogP) is 3.09. The number of nitrogens with two attached hydrogens (primary N) is 1. The van der Waals surface area contributed by atoms with E-state index in [1.807, 2.05) is 19.1 Å². The van der Waals surface area contributed by atoms with Crippen LogP contribution in [0.4, 0.5) is 10.5 Å². The second-order valence-corrected chi connectivity index (χ2v) is 6.51. The van der Waals surface area contributed by atoms with Crippen LogP contribution in [0.25, 0.3) is 0 Å². The van der Waals surface area contributed by atoms with Crippen LogP contribution in [0.15, 0.2) is 34.9 Å². The quantitative estimate of drug-likeness (QED) is 0.895. The second-order valence-electron chi connectivity index (χ2n) is 6.51. The number of piperidine rings is 1. The number of nitrogens with one attached hydrogen (secondary N) is 1. The lowest BCUT2D eigenvalue weighted by Gasteiger charge is -2.37. The maximum Gasteiger partial charge on any atom is 0.322 e. The zero-order valence-corrected chi connectivity index (χ0v) is 14.4. The zero-order chi connectivity index (χ0) is 18.0. The zero-order valence-electron chi connectivity index (χ0n) is 14.4. The summed E-state index contributed by atoms with van der Waals surface area (Å²) in [6.45, 7) is 4.74. The standard InChI is InChI=1S/C18H22N4O3/c1-11-7-8-22(15(9-11)16-6-3-12(2)25-16)18(24)21-13-4-5-14(17(19)23)20-10-13/h3-6,10-11,15H,7-9H2,1-2H3,(H2,19,23)(H,21,24)/t11-,15-/m0/s1. The van der Waals surface area contributed by atoms with Crippen LogP contribution >= 0.6 is 0 Å². The maximum atomic E-state index is 12.7. The van der Waals surface area contributed by atoms with Gasteiger partial charge in [0.1, 0.15) is 17.2 Å². The van der Waals surface area contributed by atoms with Crippen molar-refractivity contribution in [3.63, 3.8) is 0 Å². The predicted molar refractivity (Wildman–Crippen MR) is 93.1 cm³/mol. The molecule has 0 unspecified atom stereocenters. The highest BCUT2D eigenvalue weighted by atomic mass is 16.3. The number of nitrogens with zero attached hydrogens (tertiary/aromatic N) is 2. The fourth-order valence-electron chi connectivity index (χ4n) is 3.10. The molecule has 7 heteroatoms. The molecule has 0 aromatic carbocycles. The lowest BCUT2D eigenvalue weighted by Crippen LogP contribution is -2.42. The first-order valence-electron chi connectivity index (χ1n) is 8.34. The number of carbonyl (C=O) groups excluding carboxylic acids is 2. The van der Waals surface area contributed by atoms with Gasteiger partial charge in [-0.15, -0.1) is 0 Å². The third-order valence-electron chi connectivity index (χ3n) is 4.48. The number of aryl methyl sites for hydroxylation is 1. The molecule has 1 aliphatic rings. The molecule has 0 bridgehead atoms. The molecule has 3 amide bonds. The number of furan rings is 1. The highest BCUT2D eigenvalue weighted by Crippen LogP contribution is 2.35. The summed E-state index contributed by atoms with van der Waals surface area (Å²) < 4.78 is 5.76. The highest BCUT2D eigenvalue weighted by Gasteiger charge is 2.33. The average Bonchev–Trinajstić information content (AvgIpc) is 3.01. The van der Waals surface area contributed by atoms with E-state index < -0.39 is 5.91 Å². The van der Waals surface area contributed by atoms with Gasteiger partial charge < -0.3 is 20.4 Å². The Kier molecular flexibility index (Phi) is 4.74. The van der Waals surface area contributed by atoms with E-state index >= 15 is 0 Å². The van der Waals surface area contributed by atoms with Gasteiger partial charge in [-0.2, -0.15) is 0 Å². The van der Waals surface area contributed by atoms with Gasteiger partial charge in [-0.25, -0.2) is 9.78 Å². The molecule has 2 aromatic rings. The minimum absolute atomic E-state index is 0.0877. The van der Waals surface area contributed by atoms with Crippen molar-refractivity contribution in [1.29, 1.82) is 0 Å². The van der Waals surface area contributed by atoms with Gasteiger partial charge in [0.25, 0.3) is 5.91 Å². The summed E-state index contributed by atoms with van der Waals surface area (Å²) in [5.41, 5.74) is 5.85. The molecular formula is C18H22N4O3. The molecular weight excluding hydrogens is 320 g/mol. The summed E-state index contributed by atoms with van der Waals surface area (Å²) in [5, 5.41) is 2.83. The van der Waals surface area contributed by atoms with Crippen molar-refractivity contribution in [2.24, 2.45) is 11.7 Å². The summed E-state index contributed by atoms with van der Waals surface area (Å²) in [6.07, 6.45) is 3.23. The van der Waals surface area contributed by atoms with Crippen LogP contribution in [-0.2, 0) is 0 Å². The number of likely N-dealkylation sites (tertiary alicyclic amines) is 1. The smallest absolute Gasteiger partial charge is 0.322 e. The lowest BCUT2D eigenvalue weighted by atomic mass is 9.91. The van der Waals surface area contributed by atoms with E-state index in [-0.39, 0.29) is 17.8 Å². The second kappa shape index (κ2) is 6.96. The Balaban J connectivity index is 1.75. The van der Waals surface area contributed by atoms with Crippen molar-refractivity contribution >= 4 is 17.6 Å². The molecule has 1 aliphatic heterocycles. The Morgan fingerprint density at radius 1 is 1.32 bits per heavy atom. The highest BCUT2D eigenvalue weighted by molar-refractivity contribution is 5.92. The summed E-state index contributed by atoms with van der Waals surface area (Å²) >= 11 is 0. The first kappa shape index (κ1) is 17.0. The van der Waals surface area contributed by atoms with E-state index in [9.17, 15) is 9.59 Å². The Hall–Kier alpha value is -2.83. The number of hydrogen-bond acceptors (Lipinski definition) is 4. The van der Waals surface area contributed by atoms with E-state index in [1.165, 1.54) is 12.3 Å². The SMILES string of the molecule is Cc1ccc([C@@H]2C[C@@H](C)CCN2C(=O)Nc2ccc(C(N)=O)nc2)o1. The largest absolute Gasteiger partial charge is 0.464 e. The number of aromatic nitrogens is 1. The van der Waals surface area contributed by atoms with Crippen LogP contribution in [0.1, 0.15) is 47.8 Å². The number of hydrogen-bond donors (Lipinski definition) is 2. The molecule has 25 heavy (non-hydrogen) atoms. The Labute approximate surface area is 146 Å². The first-order valence-corrected chi connectivity index (χ1v) is 8.34. The molecule has 0 saturated carbocycles. The minimum Gasteiger partial charge on any atom is -0.464 e. The number of primary amides is 1. The van der Waals surface area contributed by atoms with Gasteiger partial charge in [-0.05, 0) is 49.9 Å². The van der Waals surface area contributed by atoms with E-state index in [0.29, 0.717) is 18.2 Å². The van der Waals surface area contributed by atoms with E-state index in [4.69, 9.17) is 10.2 Å². The maximum absolute atomic E-state index is 12.7. The molecule has 132 valence electrons. The normalized spacial score (nSPS) is 20.3. The van der Waals surface area contributed by atoms with Crippen molar-refractivity contribution in [2.45, 2.75) is 32.7 Å². The average molecular weight is 342 g/mol. The Morgan fingerprint density at radius 2 is 2.12 bits per heavy atom. The number of urea groups is 1. The Morgan fingerprint density at radius 3 is 2.72 bits per heavy atom. The lowest BCUT2D eigenvalue weighted by molar-refractivity contribution is 0.0995. The molecule has 3 heterocycles. The minimum atomic E-state index is -0.601. The summed E-state index contributed by atoms with van der Waals surface area (Å²) in [7, 11) is 0. The van der Waals surface area contributed by atoms with Crippen molar-refractivity contribution in [2.75, 3.05) is 11.9 Å². The molecule has 3 rings (SSSR count). The fraction of sp³-hybridized carbons (Fsp3) is 0.389. The van der Waals surface area contributed by atoms with Crippen LogP contribution in [0.5, 0.6) is 0 Å². The van der Waals surface area contributed by atoms with Gasteiger partial charge in [-0.1, -0.05) is 6.92 Å². The van der Waals surface area contributed by atoms with Gasteiger partial charge in [-0.3, -0.25) is 4.79 Å². The van der Waals surface area contributed by atoms with Crippen LogP contribution in [0.2, 0.25) is 0 Å². The number of carbonyl (C=O) groups is 2. The molecule has 7 nitrogen and oxygen atoms in total. The molecule has 0 aliphatic carbocycles. The van der Waals surface area contributed by atoms with E-state index in [0.717, 1.165) is 24.4 Å². The van der Waals surface area contributed by atoms with Crippen LogP contribution < -0.4 is 11.1 Å². The molecule has 0 radical (unpaired) electrons. The topological polar surface area (TPSA) is 101 Å². The fourth-order valence-corrected chi connectivity index (χ4v) is 3.10. The van der Waals surface area contributed by atoms with Crippen molar-refractivity contribution in [3.8, 4) is 0 Å². The van der Waals surface area contributed by atoms with Crippen molar-refractivity contribution < 1.29 is 14.0 Å². The van der Waals surface area contributed by atoms with Gasteiger partial charge in [0.05, 0.1) is 17.9 Å². The summed E-state index contributed by atoms with van der Waals surface area (Å²) in [5.74, 6) is 1.56. The van der Waals surface area contributed by atoms with Crippen molar-refractivity contribution in [3.05, 3.63) is 47.7 Å². The number of rotatable bonds is 3. The first-order chi connectivity index (χ1) is 11.9. The molecule has 2 aromatic heterocycles. The van der Waals surface area contributed by atoms with Crippen LogP contribution in [0.3, 0.4) is 0 Å². The Bertz CT molecular complexity index is 769. The third kappa shape index (κ3) is 3.81. The molecule has 3 N–H and O–H groups in total. The number of anilines is 1. The number of amides is 3. The van der Waals surface area contributed by atoms with Gasteiger partial charge >= 0.3 is 6.03 Å². The molecule has 2 atom stereocenters. The summed E-state index contributed by atoms with van der Waals surface area (Å²) in [4.78, 5) is 29.5. The van der Waals surface area contributed by atoms with Gasteiger partial charge in [0.2, 0.25) is 0 Å². The summed E-state index contributed by atoms with van der Waals surface area (Å²) in [6, 6.07) is 6.65. The molecule has 1 fully saturated rings. The molecule has 1 saturated heterocycles. The van der Waals surface area contributed by atoms with Crippen molar-refractivity contribution in [1.82, 2.24) is 9.88 Å². The van der Waals surface area contributed by atoms with Crippen LogP contribution in [0, 0.1) is 12.8 Å². The van der Waals surface area contributed by atoms with E-state index in [1.54, 1.807) is 11.0 Å². The van der Waals surface area contributed by atoms with Gasteiger partial charge in [0.15, 0.2) is 0 Å². The van der Waals surface area contributed by atoms with Gasteiger partial charge in [0, 0.05) is 6.54 Å². The van der Waals surface area contributed by atoms with Crippen LogP contribution in [-0.4, -0.2) is 28.4 Å². The number of pyridine rings is 1. The monoisotopic (exact) mass is 342 g/mol. The van der Waals surface area contributed by atoms with E-state index in [2.05, 4.69) is 17.2 Å². The molecule has 0 spiro atoms. The third-order valence-corrected chi connectivity index (χ3v) is 4.48.